The third kappa shape index (κ3) is 3.65. The number of amides is 2. The molecular weight excluding hydrogens is 266 g/mol. The molecule has 1 aromatic rings. The maximum absolute atomic E-state index is 12.6. The number of hydrogen-bond acceptors (Lipinski definition) is 2. The molecule has 5 heteroatoms. The van der Waals surface area contributed by atoms with Crippen LogP contribution in [0.1, 0.15) is 48.4 Å². The Labute approximate surface area is 126 Å². The second kappa shape index (κ2) is 6.33. The Balaban J connectivity index is 2.05. The molecule has 0 aromatic carbocycles. The lowest BCUT2D eigenvalue weighted by Crippen LogP contribution is -2.46. The number of carbonyl (C=O) groups excluding carboxylic acids is 2. The van der Waals surface area contributed by atoms with Gasteiger partial charge in [0.05, 0.1) is 5.92 Å². The number of piperidine rings is 1. The normalized spacial score (nSPS) is 18.9. The number of aromatic amines is 1. The van der Waals surface area contributed by atoms with Crippen LogP contribution >= 0.6 is 0 Å². The number of hydrogen-bond donors (Lipinski definition) is 2. The van der Waals surface area contributed by atoms with Crippen molar-refractivity contribution >= 4 is 11.8 Å². The van der Waals surface area contributed by atoms with Gasteiger partial charge < -0.3 is 15.2 Å². The Bertz CT molecular complexity index is 534. The number of likely N-dealkylation sites (tertiary alicyclic amines) is 1. The van der Waals surface area contributed by atoms with E-state index < -0.39 is 0 Å². The van der Waals surface area contributed by atoms with Crippen LogP contribution in [0.3, 0.4) is 0 Å². The fraction of sp³-hybridized carbons (Fsp3) is 0.625. The van der Waals surface area contributed by atoms with Crippen LogP contribution in [0.2, 0.25) is 0 Å². The van der Waals surface area contributed by atoms with E-state index >= 15 is 0 Å². The molecule has 1 aromatic heterocycles. The van der Waals surface area contributed by atoms with Crippen molar-refractivity contribution < 1.29 is 9.59 Å². The topological polar surface area (TPSA) is 65.2 Å². The molecule has 1 saturated heterocycles. The van der Waals surface area contributed by atoms with Gasteiger partial charge in [0.25, 0.3) is 5.91 Å². The summed E-state index contributed by atoms with van der Waals surface area (Å²) in [6, 6.07) is 2.11. The summed E-state index contributed by atoms with van der Waals surface area (Å²) in [6.07, 6.45) is 1.73. The fourth-order valence-corrected chi connectivity index (χ4v) is 2.89. The number of H-pyrrole nitrogens is 1. The molecule has 0 spiro atoms. The molecule has 1 unspecified atom stereocenters. The van der Waals surface area contributed by atoms with Crippen molar-refractivity contribution in [3.63, 3.8) is 0 Å². The summed E-state index contributed by atoms with van der Waals surface area (Å²) in [5, 5.41) is 2.94. The summed E-state index contributed by atoms with van der Waals surface area (Å²) in [4.78, 5) is 29.6. The molecule has 116 valence electrons. The van der Waals surface area contributed by atoms with Gasteiger partial charge in [-0.2, -0.15) is 0 Å². The van der Waals surface area contributed by atoms with Crippen LogP contribution < -0.4 is 5.32 Å². The van der Waals surface area contributed by atoms with Crippen molar-refractivity contribution in [2.24, 2.45) is 5.92 Å². The summed E-state index contributed by atoms with van der Waals surface area (Å²) >= 11 is 0. The first kappa shape index (κ1) is 15.6. The Kier molecular flexibility index (Phi) is 4.70. The van der Waals surface area contributed by atoms with Crippen molar-refractivity contribution in [1.29, 1.82) is 0 Å². The van der Waals surface area contributed by atoms with Crippen LogP contribution in [0.25, 0.3) is 0 Å². The molecule has 2 N–H and O–H groups in total. The second-order valence-corrected chi connectivity index (χ2v) is 6.26. The van der Waals surface area contributed by atoms with E-state index in [2.05, 4.69) is 10.3 Å². The van der Waals surface area contributed by atoms with Gasteiger partial charge in [-0.25, -0.2) is 0 Å². The van der Waals surface area contributed by atoms with Crippen molar-refractivity contribution in [1.82, 2.24) is 15.2 Å². The van der Waals surface area contributed by atoms with Crippen LogP contribution in [-0.4, -0.2) is 40.8 Å². The predicted octanol–water partition coefficient (Wildman–Crippen LogP) is 2.01. The number of carbonyl (C=O) groups is 2. The average molecular weight is 291 g/mol. The first-order valence-electron chi connectivity index (χ1n) is 7.64. The number of aromatic nitrogens is 1. The minimum Gasteiger partial charge on any atom is -0.354 e. The Morgan fingerprint density at radius 1 is 1.38 bits per heavy atom. The van der Waals surface area contributed by atoms with Crippen LogP contribution in [-0.2, 0) is 4.79 Å². The lowest BCUT2D eigenvalue weighted by Gasteiger charge is -2.32. The lowest BCUT2D eigenvalue weighted by atomic mass is 9.96. The highest BCUT2D eigenvalue weighted by Crippen LogP contribution is 2.20. The minimum absolute atomic E-state index is 0.00245. The van der Waals surface area contributed by atoms with Gasteiger partial charge in [0.2, 0.25) is 5.91 Å². The zero-order chi connectivity index (χ0) is 15.6. The van der Waals surface area contributed by atoms with E-state index in [4.69, 9.17) is 0 Å². The molecule has 0 bridgehead atoms. The van der Waals surface area contributed by atoms with Gasteiger partial charge in [0.15, 0.2) is 0 Å². The first-order chi connectivity index (χ1) is 9.88. The number of rotatable bonds is 3. The van der Waals surface area contributed by atoms with Crippen molar-refractivity contribution in [2.75, 3.05) is 13.1 Å². The summed E-state index contributed by atoms with van der Waals surface area (Å²) < 4.78 is 0. The Morgan fingerprint density at radius 2 is 2.10 bits per heavy atom. The third-order valence-electron chi connectivity index (χ3n) is 3.87. The predicted molar refractivity (Wildman–Crippen MR) is 82.2 cm³/mol. The fourth-order valence-electron chi connectivity index (χ4n) is 2.89. The zero-order valence-electron chi connectivity index (χ0n) is 13.3. The van der Waals surface area contributed by atoms with E-state index in [0.29, 0.717) is 12.2 Å². The highest BCUT2D eigenvalue weighted by Gasteiger charge is 2.30. The summed E-state index contributed by atoms with van der Waals surface area (Å²) in [5.41, 5.74) is 2.60. The van der Waals surface area contributed by atoms with Gasteiger partial charge in [-0.1, -0.05) is 0 Å². The van der Waals surface area contributed by atoms with Crippen LogP contribution in [0.15, 0.2) is 6.07 Å². The molecule has 0 aliphatic carbocycles. The highest BCUT2D eigenvalue weighted by molar-refractivity contribution is 5.94. The Hall–Kier alpha value is -1.78. The molecule has 1 aliphatic rings. The van der Waals surface area contributed by atoms with Crippen molar-refractivity contribution in [3.05, 3.63) is 23.0 Å². The van der Waals surface area contributed by atoms with E-state index in [0.717, 1.165) is 30.6 Å². The summed E-state index contributed by atoms with van der Waals surface area (Å²) in [6.45, 7) is 9.02. The zero-order valence-corrected chi connectivity index (χ0v) is 13.3. The highest BCUT2D eigenvalue weighted by atomic mass is 16.2. The molecule has 2 amide bonds. The van der Waals surface area contributed by atoms with Crippen LogP contribution in [0, 0.1) is 19.8 Å². The number of nitrogens with zero attached hydrogens (tertiary/aromatic N) is 1. The summed E-state index contributed by atoms with van der Waals surface area (Å²) in [5.74, 6) is -0.0361. The van der Waals surface area contributed by atoms with E-state index in [-0.39, 0.29) is 23.8 Å². The van der Waals surface area contributed by atoms with Gasteiger partial charge >= 0.3 is 0 Å². The molecule has 1 fully saturated rings. The molecule has 1 aliphatic heterocycles. The van der Waals surface area contributed by atoms with Gasteiger partial charge in [-0.15, -0.1) is 0 Å². The second-order valence-electron chi connectivity index (χ2n) is 6.26. The monoisotopic (exact) mass is 291 g/mol. The molecule has 0 radical (unpaired) electrons. The van der Waals surface area contributed by atoms with E-state index in [1.54, 1.807) is 4.90 Å². The maximum atomic E-state index is 12.6. The molecule has 1 atom stereocenters. The first-order valence-corrected chi connectivity index (χ1v) is 7.64. The Morgan fingerprint density at radius 3 is 2.67 bits per heavy atom. The van der Waals surface area contributed by atoms with E-state index in [1.807, 2.05) is 33.8 Å². The largest absolute Gasteiger partial charge is 0.354 e. The minimum atomic E-state index is -0.0959. The van der Waals surface area contributed by atoms with Crippen molar-refractivity contribution in [3.8, 4) is 0 Å². The van der Waals surface area contributed by atoms with Gasteiger partial charge in [0.1, 0.15) is 5.69 Å². The standard InChI is InChI=1S/C16H25N3O2/c1-10(2)17-15(20)13-6-5-7-19(9-13)16(21)14-11(3)8-12(4)18-14/h8,10,13,18H,5-7,9H2,1-4H3,(H,17,20). The van der Waals surface area contributed by atoms with E-state index in [1.165, 1.54) is 0 Å². The third-order valence-corrected chi connectivity index (χ3v) is 3.87. The lowest BCUT2D eigenvalue weighted by molar-refractivity contribution is -0.126. The van der Waals surface area contributed by atoms with E-state index in [9.17, 15) is 9.59 Å². The van der Waals surface area contributed by atoms with Gasteiger partial charge in [0, 0.05) is 24.8 Å². The van der Waals surface area contributed by atoms with Crippen LogP contribution in [0.4, 0.5) is 0 Å². The quantitative estimate of drug-likeness (QED) is 0.894. The molecule has 21 heavy (non-hydrogen) atoms. The number of nitrogens with one attached hydrogen (secondary N) is 2. The van der Waals surface area contributed by atoms with Gasteiger partial charge in [-0.05, 0) is 52.2 Å². The SMILES string of the molecule is Cc1cc(C)c(C(=O)N2CCCC(C(=O)NC(C)C)C2)[nH]1. The maximum Gasteiger partial charge on any atom is 0.270 e. The van der Waals surface area contributed by atoms with Gasteiger partial charge in [-0.3, -0.25) is 9.59 Å². The molecule has 0 saturated carbocycles. The smallest absolute Gasteiger partial charge is 0.270 e. The average Bonchev–Trinajstić information content (AvgIpc) is 2.76. The van der Waals surface area contributed by atoms with Crippen molar-refractivity contribution in [2.45, 2.75) is 46.6 Å². The number of aryl methyl sites for hydroxylation is 2. The summed E-state index contributed by atoms with van der Waals surface area (Å²) in [7, 11) is 0. The molecular formula is C16H25N3O2. The molecule has 2 rings (SSSR count). The van der Waals surface area contributed by atoms with Crippen LogP contribution in [0.5, 0.6) is 0 Å². The molecule has 2 heterocycles. The molecule has 5 nitrogen and oxygen atoms in total.